The van der Waals surface area contributed by atoms with Crippen molar-refractivity contribution in [2.24, 2.45) is 5.92 Å². The van der Waals surface area contributed by atoms with Gasteiger partial charge in [-0.1, -0.05) is 23.7 Å². The average Bonchev–Trinajstić information content (AvgIpc) is 3.41. The Labute approximate surface area is 151 Å². The van der Waals surface area contributed by atoms with E-state index in [4.69, 9.17) is 21.6 Å². The first-order valence-corrected chi connectivity index (χ1v) is 8.71. The van der Waals surface area contributed by atoms with Gasteiger partial charge >= 0.3 is 0 Å². The molecule has 1 unspecified atom stereocenters. The van der Waals surface area contributed by atoms with Gasteiger partial charge in [-0.2, -0.15) is 5.26 Å². The zero-order valence-electron chi connectivity index (χ0n) is 13.6. The molecule has 1 aliphatic heterocycles. The smallest absolute Gasteiger partial charge is 0.227 e. The number of nitriles is 1. The number of nitrogens with one attached hydrogen (secondary N) is 1. The van der Waals surface area contributed by atoms with Crippen molar-refractivity contribution < 1.29 is 9.53 Å². The summed E-state index contributed by atoms with van der Waals surface area (Å²) in [4.78, 5) is 12.8. The molecule has 1 atom stereocenters. The summed E-state index contributed by atoms with van der Waals surface area (Å²) < 4.78 is 5.73. The molecule has 4 nitrogen and oxygen atoms in total. The highest BCUT2D eigenvalue weighted by molar-refractivity contribution is 6.30. The van der Waals surface area contributed by atoms with Crippen LogP contribution in [0.4, 0.5) is 0 Å². The van der Waals surface area contributed by atoms with Gasteiger partial charge in [-0.3, -0.25) is 4.79 Å². The summed E-state index contributed by atoms with van der Waals surface area (Å²) in [6.45, 7) is 0.370. The van der Waals surface area contributed by atoms with E-state index in [2.05, 4.69) is 11.4 Å². The number of rotatable bonds is 3. The molecule has 1 amide bonds. The molecule has 2 aromatic carbocycles. The van der Waals surface area contributed by atoms with Gasteiger partial charge in [-0.15, -0.1) is 0 Å². The van der Waals surface area contributed by atoms with Crippen LogP contribution in [0, 0.1) is 17.2 Å². The summed E-state index contributed by atoms with van der Waals surface area (Å²) >= 11 is 6.05. The normalized spacial score (nSPS) is 19.9. The molecule has 5 heteroatoms. The van der Waals surface area contributed by atoms with Crippen molar-refractivity contribution in [3.63, 3.8) is 0 Å². The van der Waals surface area contributed by atoms with Gasteiger partial charge in [0.1, 0.15) is 12.4 Å². The zero-order chi connectivity index (χ0) is 17.4. The number of carbonyl (C=O) groups is 1. The molecule has 1 N–H and O–H groups in total. The first-order valence-electron chi connectivity index (χ1n) is 8.33. The van der Waals surface area contributed by atoms with E-state index in [1.54, 1.807) is 12.1 Å². The van der Waals surface area contributed by atoms with E-state index in [1.165, 1.54) is 0 Å². The van der Waals surface area contributed by atoms with Crippen LogP contribution in [0.15, 0.2) is 42.5 Å². The molecule has 25 heavy (non-hydrogen) atoms. The number of nitrogens with zero attached hydrogens (tertiary/aromatic N) is 1. The van der Waals surface area contributed by atoms with Crippen LogP contribution in [0.3, 0.4) is 0 Å². The average molecular weight is 353 g/mol. The van der Waals surface area contributed by atoms with Gasteiger partial charge in [0.2, 0.25) is 5.91 Å². The summed E-state index contributed by atoms with van der Waals surface area (Å²) in [6, 6.07) is 15.1. The van der Waals surface area contributed by atoms with E-state index >= 15 is 0 Å². The molecule has 0 spiro atoms. The lowest BCUT2D eigenvalue weighted by atomic mass is 9.94. The monoisotopic (exact) mass is 352 g/mol. The largest absolute Gasteiger partial charge is 0.492 e. The second-order valence-electron chi connectivity index (χ2n) is 6.73. The van der Waals surface area contributed by atoms with E-state index in [9.17, 15) is 4.79 Å². The molecule has 1 heterocycles. The van der Waals surface area contributed by atoms with Crippen LogP contribution in [-0.4, -0.2) is 12.5 Å². The summed E-state index contributed by atoms with van der Waals surface area (Å²) in [6.07, 6.45) is 2.41. The fourth-order valence-electron chi connectivity index (χ4n) is 3.37. The summed E-state index contributed by atoms with van der Waals surface area (Å²) in [5.74, 6) is 0.560. The maximum absolute atomic E-state index is 12.8. The number of carbonyl (C=O) groups excluding carboxylic acids is 1. The number of amides is 1. The molecule has 0 saturated heterocycles. The lowest BCUT2D eigenvalue weighted by molar-refractivity contribution is -0.127. The maximum Gasteiger partial charge on any atom is 0.227 e. The number of ether oxygens (including phenoxy) is 1. The predicted octanol–water partition coefficient (Wildman–Crippen LogP) is 3.57. The van der Waals surface area contributed by atoms with E-state index in [0.717, 1.165) is 29.7 Å². The van der Waals surface area contributed by atoms with Crippen LogP contribution in [0.25, 0.3) is 0 Å². The third-order valence-corrected chi connectivity index (χ3v) is 5.19. The molecule has 0 aromatic heterocycles. The highest BCUT2D eigenvalue weighted by Crippen LogP contribution is 2.46. The minimum atomic E-state index is -0.335. The first-order chi connectivity index (χ1) is 12.1. The van der Waals surface area contributed by atoms with Crippen molar-refractivity contribution >= 4 is 17.5 Å². The molecule has 0 radical (unpaired) electrons. The van der Waals surface area contributed by atoms with E-state index in [1.807, 2.05) is 30.3 Å². The summed E-state index contributed by atoms with van der Waals surface area (Å²) in [7, 11) is 0. The fourth-order valence-corrected chi connectivity index (χ4v) is 3.56. The topological polar surface area (TPSA) is 62.1 Å². The highest BCUT2D eigenvalue weighted by Gasteiger charge is 2.46. The van der Waals surface area contributed by atoms with Crippen molar-refractivity contribution in [1.82, 2.24) is 5.32 Å². The van der Waals surface area contributed by atoms with Crippen LogP contribution in [0.1, 0.15) is 29.5 Å². The van der Waals surface area contributed by atoms with Gasteiger partial charge in [-0.05, 0) is 60.7 Å². The van der Waals surface area contributed by atoms with Crippen molar-refractivity contribution in [2.75, 3.05) is 6.61 Å². The van der Waals surface area contributed by atoms with Crippen LogP contribution < -0.4 is 10.1 Å². The Balaban J connectivity index is 1.50. The molecule has 4 rings (SSSR count). The Kier molecular flexibility index (Phi) is 3.89. The Morgan fingerprint density at radius 2 is 2.12 bits per heavy atom. The quantitative estimate of drug-likeness (QED) is 0.918. The van der Waals surface area contributed by atoms with Gasteiger partial charge in [-0.25, -0.2) is 0 Å². The van der Waals surface area contributed by atoms with Gasteiger partial charge in [0.15, 0.2) is 0 Å². The Hall–Kier alpha value is -2.51. The van der Waals surface area contributed by atoms with E-state index in [0.29, 0.717) is 23.6 Å². The molecule has 2 aliphatic rings. The summed E-state index contributed by atoms with van der Waals surface area (Å²) in [5, 5.41) is 12.9. The number of hydrogen-bond acceptors (Lipinski definition) is 3. The minimum absolute atomic E-state index is 0.00881. The number of halogens is 1. The van der Waals surface area contributed by atoms with Crippen molar-refractivity contribution in [3.05, 3.63) is 64.2 Å². The molecular formula is C20H17ClN2O2. The lowest BCUT2D eigenvalue weighted by Crippen LogP contribution is -2.42. The van der Waals surface area contributed by atoms with Gasteiger partial charge < -0.3 is 10.1 Å². The standard InChI is InChI=1S/C20H17ClN2O2/c21-17-4-5-18-14(10-17)9-15(12-25-18)19(24)23-20(6-7-20)16-3-1-2-13(8-16)11-22/h1-5,8,10,15H,6-7,9,12H2,(H,23,24). The molecular weight excluding hydrogens is 336 g/mol. The zero-order valence-corrected chi connectivity index (χ0v) is 14.3. The van der Waals surface area contributed by atoms with Crippen LogP contribution in [0.5, 0.6) is 5.75 Å². The van der Waals surface area contributed by atoms with E-state index in [-0.39, 0.29) is 17.4 Å². The van der Waals surface area contributed by atoms with Crippen molar-refractivity contribution in [2.45, 2.75) is 24.8 Å². The molecule has 2 aromatic rings. The second-order valence-corrected chi connectivity index (χ2v) is 7.16. The van der Waals surface area contributed by atoms with Crippen LogP contribution in [0.2, 0.25) is 5.02 Å². The second kappa shape index (κ2) is 6.09. The van der Waals surface area contributed by atoms with Gasteiger partial charge in [0.05, 0.1) is 23.1 Å². The number of benzene rings is 2. The fraction of sp³-hybridized carbons (Fsp3) is 0.300. The third kappa shape index (κ3) is 3.08. The molecule has 126 valence electrons. The Bertz CT molecular complexity index is 884. The third-order valence-electron chi connectivity index (χ3n) is 4.96. The number of fused-ring (bicyclic) bond motifs is 1. The minimum Gasteiger partial charge on any atom is -0.492 e. The molecule has 1 saturated carbocycles. The first kappa shape index (κ1) is 16.0. The van der Waals surface area contributed by atoms with Crippen LogP contribution in [-0.2, 0) is 16.8 Å². The predicted molar refractivity (Wildman–Crippen MR) is 94.4 cm³/mol. The molecule has 1 fully saturated rings. The van der Waals surface area contributed by atoms with Gasteiger partial charge in [0.25, 0.3) is 0 Å². The SMILES string of the molecule is N#Cc1cccc(C2(NC(=O)C3COc4ccc(Cl)cc4C3)CC2)c1. The Morgan fingerprint density at radius 3 is 2.88 bits per heavy atom. The highest BCUT2D eigenvalue weighted by atomic mass is 35.5. The van der Waals surface area contributed by atoms with Gasteiger partial charge in [0, 0.05) is 5.02 Å². The maximum atomic E-state index is 12.8. The summed E-state index contributed by atoms with van der Waals surface area (Å²) in [5.41, 5.74) is 2.25. The van der Waals surface area contributed by atoms with Crippen molar-refractivity contribution in [3.8, 4) is 11.8 Å². The van der Waals surface area contributed by atoms with E-state index < -0.39 is 0 Å². The molecule has 0 bridgehead atoms. The van der Waals surface area contributed by atoms with Crippen molar-refractivity contribution in [1.29, 1.82) is 5.26 Å². The lowest BCUT2D eigenvalue weighted by Gasteiger charge is -2.27. The number of hydrogen-bond donors (Lipinski definition) is 1. The Morgan fingerprint density at radius 1 is 1.28 bits per heavy atom. The van der Waals surface area contributed by atoms with Crippen LogP contribution >= 0.6 is 11.6 Å². The molecule has 1 aliphatic carbocycles.